The first-order valence-electron chi connectivity index (χ1n) is 9.51. The van der Waals surface area contributed by atoms with E-state index in [1.165, 1.54) is 32.4 Å². The molecule has 0 heterocycles. The lowest BCUT2D eigenvalue weighted by Gasteiger charge is -2.13. The van der Waals surface area contributed by atoms with Crippen LogP contribution in [0.4, 0.5) is 11.4 Å². The first-order valence-corrected chi connectivity index (χ1v) is 11.0. The molecule has 0 spiro atoms. The molecule has 3 aromatic carbocycles. The van der Waals surface area contributed by atoms with E-state index >= 15 is 0 Å². The Balaban J connectivity index is 1.70. The van der Waals surface area contributed by atoms with Crippen LogP contribution >= 0.6 is 0 Å². The number of benzene rings is 3. The summed E-state index contributed by atoms with van der Waals surface area (Å²) in [5.74, 6) is 0.674. The van der Waals surface area contributed by atoms with Crippen molar-refractivity contribution in [1.29, 1.82) is 0 Å². The lowest BCUT2D eigenvalue weighted by molar-refractivity contribution is -0.115. The number of methoxy groups -OCH3 is 2. The SMILES string of the molecule is COc1ccc(OC)c(NS(=O)(=O)c2ccc(NC(=O)Cc3ccc(C)cc3)cc2)c1. The number of carbonyl (C=O) groups is 1. The fourth-order valence-corrected chi connectivity index (χ4v) is 3.97. The highest BCUT2D eigenvalue weighted by Crippen LogP contribution is 2.31. The monoisotopic (exact) mass is 440 g/mol. The zero-order valence-electron chi connectivity index (χ0n) is 17.5. The molecule has 0 unspecified atom stereocenters. The minimum atomic E-state index is -3.87. The molecule has 0 radical (unpaired) electrons. The Labute approximate surface area is 182 Å². The maximum atomic E-state index is 12.8. The third-order valence-corrected chi connectivity index (χ3v) is 5.97. The van der Waals surface area contributed by atoms with Gasteiger partial charge in [0.05, 0.1) is 31.2 Å². The zero-order chi connectivity index (χ0) is 22.4. The standard InChI is InChI=1S/C23H24N2O5S/c1-16-4-6-17(7-5-16)14-23(26)24-18-8-11-20(12-9-18)31(27,28)25-21-15-19(29-2)10-13-22(21)30-3/h4-13,15,25H,14H2,1-3H3,(H,24,26). The second-order valence-corrected chi connectivity index (χ2v) is 8.59. The lowest BCUT2D eigenvalue weighted by atomic mass is 10.1. The maximum Gasteiger partial charge on any atom is 0.262 e. The molecule has 8 heteroatoms. The van der Waals surface area contributed by atoms with Crippen molar-refractivity contribution in [3.8, 4) is 11.5 Å². The van der Waals surface area contributed by atoms with Gasteiger partial charge in [0, 0.05) is 11.8 Å². The largest absolute Gasteiger partial charge is 0.497 e. The number of anilines is 2. The van der Waals surface area contributed by atoms with Crippen LogP contribution in [0.1, 0.15) is 11.1 Å². The minimum Gasteiger partial charge on any atom is -0.497 e. The number of carbonyl (C=O) groups excluding carboxylic acids is 1. The number of sulfonamides is 1. The average Bonchev–Trinajstić information content (AvgIpc) is 2.75. The zero-order valence-corrected chi connectivity index (χ0v) is 18.3. The van der Waals surface area contributed by atoms with Gasteiger partial charge in [-0.05, 0) is 48.9 Å². The third kappa shape index (κ3) is 5.76. The Kier molecular flexibility index (Phi) is 6.81. The number of rotatable bonds is 8. The van der Waals surface area contributed by atoms with Gasteiger partial charge in [-0.3, -0.25) is 9.52 Å². The van der Waals surface area contributed by atoms with E-state index in [2.05, 4.69) is 10.0 Å². The highest BCUT2D eigenvalue weighted by molar-refractivity contribution is 7.92. The summed E-state index contributed by atoms with van der Waals surface area (Å²) >= 11 is 0. The van der Waals surface area contributed by atoms with Crippen molar-refractivity contribution in [2.24, 2.45) is 0 Å². The molecule has 0 atom stereocenters. The molecule has 162 valence electrons. The van der Waals surface area contributed by atoms with E-state index < -0.39 is 10.0 Å². The van der Waals surface area contributed by atoms with Crippen molar-refractivity contribution >= 4 is 27.3 Å². The van der Waals surface area contributed by atoms with Crippen LogP contribution in [0, 0.1) is 6.92 Å². The molecule has 2 N–H and O–H groups in total. The molecular formula is C23H24N2O5S. The van der Waals surface area contributed by atoms with Crippen molar-refractivity contribution in [2.75, 3.05) is 24.3 Å². The third-order valence-electron chi connectivity index (χ3n) is 4.58. The first-order chi connectivity index (χ1) is 14.8. The number of nitrogens with one attached hydrogen (secondary N) is 2. The van der Waals surface area contributed by atoms with E-state index in [0.717, 1.165) is 11.1 Å². The molecular weight excluding hydrogens is 416 g/mol. The molecule has 0 aliphatic carbocycles. The predicted octanol–water partition coefficient (Wildman–Crippen LogP) is 3.99. The molecule has 31 heavy (non-hydrogen) atoms. The summed E-state index contributed by atoms with van der Waals surface area (Å²) in [4.78, 5) is 12.3. The van der Waals surface area contributed by atoms with Gasteiger partial charge < -0.3 is 14.8 Å². The van der Waals surface area contributed by atoms with Crippen LogP contribution in [-0.4, -0.2) is 28.5 Å². The van der Waals surface area contributed by atoms with Gasteiger partial charge in [-0.1, -0.05) is 29.8 Å². The van der Waals surface area contributed by atoms with Crippen LogP contribution in [0.25, 0.3) is 0 Å². The number of amides is 1. The molecule has 0 aromatic heterocycles. The summed E-state index contributed by atoms with van der Waals surface area (Å²) in [6, 6.07) is 18.5. The van der Waals surface area contributed by atoms with Crippen molar-refractivity contribution in [3.63, 3.8) is 0 Å². The molecule has 0 fully saturated rings. The minimum absolute atomic E-state index is 0.0499. The van der Waals surface area contributed by atoms with Crippen molar-refractivity contribution in [2.45, 2.75) is 18.2 Å². The Hall–Kier alpha value is -3.52. The van der Waals surface area contributed by atoms with E-state index in [-0.39, 0.29) is 22.9 Å². The van der Waals surface area contributed by atoms with Crippen molar-refractivity contribution < 1.29 is 22.7 Å². The van der Waals surface area contributed by atoms with E-state index in [4.69, 9.17) is 9.47 Å². The molecule has 0 saturated carbocycles. The molecule has 0 aliphatic heterocycles. The topological polar surface area (TPSA) is 93.7 Å². The van der Waals surface area contributed by atoms with E-state index in [1.54, 1.807) is 24.3 Å². The van der Waals surface area contributed by atoms with Gasteiger partial charge in [-0.2, -0.15) is 0 Å². The first kappa shape index (κ1) is 22.2. The fourth-order valence-electron chi connectivity index (χ4n) is 2.91. The number of hydrogen-bond donors (Lipinski definition) is 2. The predicted molar refractivity (Wildman–Crippen MR) is 120 cm³/mol. The van der Waals surface area contributed by atoms with Crippen LogP contribution in [0.2, 0.25) is 0 Å². The highest BCUT2D eigenvalue weighted by atomic mass is 32.2. The summed E-state index contributed by atoms with van der Waals surface area (Å²) in [7, 11) is -0.923. The molecule has 0 bridgehead atoms. The van der Waals surface area contributed by atoms with Gasteiger partial charge >= 0.3 is 0 Å². The summed E-state index contributed by atoms with van der Waals surface area (Å²) in [6.45, 7) is 1.98. The van der Waals surface area contributed by atoms with Gasteiger partial charge in [0.2, 0.25) is 5.91 Å². The van der Waals surface area contributed by atoms with Gasteiger partial charge in [-0.15, -0.1) is 0 Å². The Morgan fingerprint density at radius 2 is 1.58 bits per heavy atom. The number of hydrogen-bond acceptors (Lipinski definition) is 5. The van der Waals surface area contributed by atoms with E-state index in [0.29, 0.717) is 17.2 Å². The van der Waals surface area contributed by atoms with E-state index in [1.807, 2.05) is 31.2 Å². The number of aryl methyl sites for hydroxylation is 1. The van der Waals surface area contributed by atoms with Crippen LogP contribution < -0.4 is 19.5 Å². The highest BCUT2D eigenvalue weighted by Gasteiger charge is 2.17. The summed E-state index contributed by atoms with van der Waals surface area (Å²) in [6.07, 6.45) is 0.234. The summed E-state index contributed by atoms with van der Waals surface area (Å²) in [5.41, 5.74) is 2.80. The van der Waals surface area contributed by atoms with Crippen LogP contribution in [0.3, 0.4) is 0 Å². The molecule has 0 saturated heterocycles. The summed E-state index contributed by atoms with van der Waals surface area (Å²) in [5, 5.41) is 2.78. The van der Waals surface area contributed by atoms with Crippen molar-refractivity contribution in [3.05, 3.63) is 77.9 Å². The molecule has 0 aliphatic rings. The fraction of sp³-hybridized carbons (Fsp3) is 0.174. The Bertz CT molecular complexity index is 1160. The quantitative estimate of drug-likeness (QED) is 0.552. The molecule has 3 rings (SSSR count). The smallest absolute Gasteiger partial charge is 0.262 e. The second kappa shape index (κ2) is 9.53. The number of ether oxygens (including phenoxy) is 2. The normalized spacial score (nSPS) is 10.9. The Morgan fingerprint density at radius 3 is 2.19 bits per heavy atom. The average molecular weight is 441 g/mol. The molecule has 3 aromatic rings. The lowest BCUT2D eigenvalue weighted by Crippen LogP contribution is -2.15. The van der Waals surface area contributed by atoms with Gasteiger partial charge in [0.1, 0.15) is 11.5 Å². The Morgan fingerprint density at radius 1 is 0.903 bits per heavy atom. The second-order valence-electron chi connectivity index (χ2n) is 6.91. The maximum absolute atomic E-state index is 12.8. The van der Waals surface area contributed by atoms with Crippen LogP contribution in [0.5, 0.6) is 11.5 Å². The summed E-state index contributed by atoms with van der Waals surface area (Å²) < 4.78 is 38.4. The van der Waals surface area contributed by atoms with Gasteiger partial charge in [-0.25, -0.2) is 8.42 Å². The molecule has 7 nitrogen and oxygen atoms in total. The van der Waals surface area contributed by atoms with E-state index in [9.17, 15) is 13.2 Å². The van der Waals surface area contributed by atoms with Gasteiger partial charge in [0.25, 0.3) is 10.0 Å². The van der Waals surface area contributed by atoms with Crippen molar-refractivity contribution in [1.82, 2.24) is 0 Å². The van der Waals surface area contributed by atoms with Crippen LogP contribution in [-0.2, 0) is 21.2 Å². The van der Waals surface area contributed by atoms with Gasteiger partial charge in [0.15, 0.2) is 0 Å². The molecule has 1 amide bonds. The van der Waals surface area contributed by atoms with Crippen LogP contribution in [0.15, 0.2) is 71.6 Å².